The lowest BCUT2D eigenvalue weighted by molar-refractivity contribution is 0.125. The van der Waals surface area contributed by atoms with Crippen molar-refractivity contribution < 1.29 is 4.74 Å². The van der Waals surface area contributed by atoms with Gasteiger partial charge in [-0.2, -0.15) is 0 Å². The molecule has 0 aliphatic carbocycles. The first kappa shape index (κ1) is 10.3. The van der Waals surface area contributed by atoms with Gasteiger partial charge in [0.2, 0.25) is 0 Å². The highest BCUT2D eigenvalue weighted by Crippen LogP contribution is 2.02. The minimum absolute atomic E-state index is 0.257. The summed E-state index contributed by atoms with van der Waals surface area (Å²) in [4.78, 5) is 0. The first-order valence-corrected chi connectivity index (χ1v) is 3.94. The Morgan fingerprint density at radius 2 is 2.36 bits per heavy atom. The number of hydrogen-bond acceptors (Lipinski definition) is 2. The van der Waals surface area contributed by atoms with Gasteiger partial charge in [0.15, 0.2) is 5.76 Å². The van der Waals surface area contributed by atoms with Gasteiger partial charge in [0.05, 0.1) is 12.6 Å². The van der Waals surface area contributed by atoms with E-state index in [2.05, 4.69) is 24.6 Å². The molecule has 0 spiro atoms. The van der Waals surface area contributed by atoms with Crippen molar-refractivity contribution in [3.05, 3.63) is 18.1 Å². The molecule has 0 radical (unpaired) electrons. The summed E-state index contributed by atoms with van der Waals surface area (Å²) in [6.45, 7) is 8.36. The predicted octanol–water partition coefficient (Wildman–Crippen LogP) is 1.69. The van der Waals surface area contributed by atoms with Crippen LogP contribution in [0.15, 0.2) is 18.1 Å². The summed E-state index contributed by atoms with van der Waals surface area (Å²) in [6.07, 6.45) is 1.27. The fraction of sp³-hybridized carbons (Fsp3) is 0.667. The predicted molar refractivity (Wildman–Crippen MR) is 47.4 cm³/mol. The van der Waals surface area contributed by atoms with E-state index in [0.717, 1.165) is 12.2 Å². The molecule has 2 heteroatoms. The third kappa shape index (κ3) is 4.65. The highest BCUT2D eigenvalue weighted by atomic mass is 16.5. The molecular formula is C9H17NO. The van der Waals surface area contributed by atoms with Gasteiger partial charge in [0.25, 0.3) is 0 Å². The second-order valence-corrected chi connectivity index (χ2v) is 2.47. The quantitative estimate of drug-likeness (QED) is 0.482. The lowest BCUT2D eigenvalue weighted by Crippen LogP contribution is -2.15. The maximum absolute atomic E-state index is 5.47. The van der Waals surface area contributed by atoms with Crippen LogP contribution in [0.5, 0.6) is 0 Å². The lowest BCUT2D eigenvalue weighted by Gasteiger charge is -2.13. The molecule has 0 amide bonds. The van der Waals surface area contributed by atoms with Gasteiger partial charge < -0.3 is 10.1 Å². The van der Waals surface area contributed by atoms with Crippen LogP contribution >= 0.6 is 0 Å². The first-order valence-electron chi connectivity index (χ1n) is 3.94. The second-order valence-electron chi connectivity index (χ2n) is 2.47. The molecule has 1 atom stereocenters. The molecule has 0 aliphatic rings. The average molecular weight is 155 g/mol. The van der Waals surface area contributed by atoms with Crippen LogP contribution in [0, 0.1) is 0 Å². The van der Waals surface area contributed by atoms with Gasteiger partial charge in [0.1, 0.15) is 0 Å². The van der Waals surface area contributed by atoms with Crippen LogP contribution < -0.4 is 5.32 Å². The number of nitrogens with one attached hydrogen (secondary N) is 1. The molecule has 0 aromatic rings. The zero-order valence-corrected chi connectivity index (χ0v) is 7.61. The molecule has 0 saturated heterocycles. The first-order chi connectivity index (χ1) is 5.24. The Morgan fingerprint density at radius 3 is 2.73 bits per heavy atom. The smallest absolute Gasteiger partial charge is 0.152 e. The van der Waals surface area contributed by atoms with E-state index in [1.54, 1.807) is 0 Å². The molecule has 0 aromatic carbocycles. The molecule has 0 saturated carbocycles. The van der Waals surface area contributed by atoms with Crippen molar-refractivity contribution in [1.29, 1.82) is 0 Å². The number of likely N-dealkylation sites (N-methyl/N-ethyl adjacent to an activating group) is 1. The van der Waals surface area contributed by atoms with Gasteiger partial charge in [-0.3, -0.25) is 0 Å². The van der Waals surface area contributed by atoms with Crippen molar-refractivity contribution in [2.45, 2.75) is 26.4 Å². The number of ether oxygens (including phenoxy) is 1. The molecule has 1 unspecified atom stereocenters. The highest BCUT2D eigenvalue weighted by molar-refractivity contribution is 4.91. The van der Waals surface area contributed by atoms with E-state index in [0.29, 0.717) is 6.54 Å². The van der Waals surface area contributed by atoms with Gasteiger partial charge in [-0.05, 0) is 20.4 Å². The summed E-state index contributed by atoms with van der Waals surface area (Å²) in [5.74, 6) is 0.793. The van der Waals surface area contributed by atoms with Crippen LogP contribution in [0.4, 0.5) is 0 Å². The number of rotatable bonds is 5. The highest BCUT2D eigenvalue weighted by Gasteiger charge is 2.01. The van der Waals surface area contributed by atoms with Gasteiger partial charge in [-0.1, -0.05) is 19.2 Å². The van der Waals surface area contributed by atoms with E-state index in [1.807, 2.05) is 14.0 Å². The van der Waals surface area contributed by atoms with Gasteiger partial charge in [0, 0.05) is 0 Å². The van der Waals surface area contributed by atoms with E-state index < -0.39 is 0 Å². The molecule has 0 aliphatic heterocycles. The van der Waals surface area contributed by atoms with Crippen LogP contribution in [0.25, 0.3) is 0 Å². The Labute approximate surface area is 68.9 Å². The zero-order chi connectivity index (χ0) is 8.69. The van der Waals surface area contributed by atoms with Crippen LogP contribution in [0.3, 0.4) is 0 Å². The van der Waals surface area contributed by atoms with Gasteiger partial charge in [-0.25, -0.2) is 0 Å². The van der Waals surface area contributed by atoms with Crippen molar-refractivity contribution in [3.63, 3.8) is 0 Å². The van der Waals surface area contributed by atoms with Crippen molar-refractivity contribution in [2.24, 2.45) is 0 Å². The minimum Gasteiger partial charge on any atom is -0.486 e. The molecule has 2 nitrogen and oxygen atoms in total. The third-order valence-electron chi connectivity index (χ3n) is 1.45. The largest absolute Gasteiger partial charge is 0.486 e. The van der Waals surface area contributed by atoms with Gasteiger partial charge in [-0.15, -0.1) is 0 Å². The summed E-state index contributed by atoms with van der Waals surface area (Å²) < 4.78 is 5.47. The van der Waals surface area contributed by atoms with E-state index >= 15 is 0 Å². The summed E-state index contributed by atoms with van der Waals surface area (Å²) >= 11 is 0. The van der Waals surface area contributed by atoms with Gasteiger partial charge >= 0.3 is 0 Å². The molecule has 0 fully saturated rings. The third-order valence-corrected chi connectivity index (χ3v) is 1.45. The Balaban J connectivity index is 3.79. The van der Waals surface area contributed by atoms with Crippen molar-refractivity contribution >= 4 is 0 Å². The normalized spacial score (nSPS) is 11.9. The summed E-state index contributed by atoms with van der Waals surface area (Å²) in [6, 6.07) is 0. The van der Waals surface area contributed by atoms with Crippen molar-refractivity contribution in [2.75, 3.05) is 13.6 Å². The van der Waals surface area contributed by atoms with Crippen LogP contribution in [0.2, 0.25) is 0 Å². The Kier molecular flexibility index (Phi) is 5.63. The standard InChI is InChI=1S/C9H17NO/c1-5-8(3)11-9(6-2)7-10-4/h8,10H,2,5,7H2,1,3-4H3. The SMILES string of the molecule is C=C=C(CNC)OC(C)CC. The number of hydrogen-bond donors (Lipinski definition) is 1. The lowest BCUT2D eigenvalue weighted by atomic mass is 10.3. The van der Waals surface area contributed by atoms with Crippen molar-refractivity contribution in [1.82, 2.24) is 5.32 Å². The van der Waals surface area contributed by atoms with E-state index in [9.17, 15) is 0 Å². The molecule has 0 aromatic heterocycles. The Hall–Kier alpha value is -0.720. The molecule has 0 rings (SSSR count). The Morgan fingerprint density at radius 1 is 1.73 bits per heavy atom. The Bertz CT molecular complexity index is 148. The van der Waals surface area contributed by atoms with Crippen LogP contribution in [-0.4, -0.2) is 19.7 Å². The molecule has 11 heavy (non-hydrogen) atoms. The van der Waals surface area contributed by atoms with E-state index in [-0.39, 0.29) is 6.10 Å². The average Bonchev–Trinajstić information content (AvgIpc) is 2.03. The van der Waals surface area contributed by atoms with Crippen LogP contribution in [0.1, 0.15) is 20.3 Å². The van der Waals surface area contributed by atoms with E-state index in [4.69, 9.17) is 4.74 Å². The maximum atomic E-state index is 5.47. The van der Waals surface area contributed by atoms with Crippen molar-refractivity contribution in [3.8, 4) is 0 Å². The second kappa shape index (κ2) is 6.02. The summed E-state index contributed by atoms with van der Waals surface area (Å²) in [7, 11) is 1.87. The topological polar surface area (TPSA) is 21.3 Å². The summed E-state index contributed by atoms with van der Waals surface area (Å²) in [5, 5.41) is 2.98. The fourth-order valence-electron chi connectivity index (χ4n) is 0.633. The minimum atomic E-state index is 0.257. The maximum Gasteiger partial charge on any atom is 0.152 e. The molecular weight excluding hydrogens is 138 g/mol. The van der Waals surface area contributed by atoms with E-state index in [1.165, 1.54) is 0 Å². The molecule has 0 heterocycles. The molecule has 64 valence electrons. The summed E-state index contributed by atoms with van der Waals surface area (Å²) in [5.41, 5.74) is 2.75. The monoisotopic (exact) mass is 155 g/mol. The zero-order valence-electron chi connectivity index (χ0n) is 7.61. The fourth-order valence-corrected chi connectivity index (χ4v) is 0.633. The molecule has 1 N–H and O–H groups in total. The van der Waals surface area contributed by atoms with Crippen LogP contribution in [-0.2, 0) is 4.74 Å². The molecule has 0 bridgehead atoms.